The lowest BCUT2D eigenvalue weighted by molar-refractivity contribution is 0.171. The van der Waals surface area contributed by atoms with Gasteiger partial charge in [-0.1, -0.05) is 75.4 Å². The fourth-order valence-corrected chi connectivity index (χ4v) is 5.37. The molecule has 6 rings (SSSR count). The highest BCUT2D eigenvalue weighted by atomic mass is 16.5. The first kappa shape index (κ1) is 27.5. The Hall–Kier alpha value is -4.70. The quantitative estimate of drug-likeness (QED) is 0.234. The van der Waals surface area contributed by atoms with Gasteiger partial charge in [-0.25, -0.2) is 9.48 Å². The predicted molar refractivity (Wildman–Crippen MR) is 160 cm³/mol. The zero-order valence-corrected chi connectivity index (χ0v) is 24.0. The van der Waals surface area contributed by atoms with E-state index in [1.807, 2.05) is 77.3 Å². The fraction of sp³-hybridized carbons (Fsp3) is 0.312. The Kier molecular flexibility index (Phi) is 7.38. The Balaban J connectivity index is 1.19. The smallest absolute Gasteiger partial charge is 0.320 e. The fourth-order valence-electron chi connectivity index (χ4n) is 5.37. The normalized spacial score (nSPS) is 16.7. The number of aliphatic hydroxyl groups is 1. The number of carbonyl (C=O) groups excluding carboxylic acids is 1. The van der Waals surface area contributed by atoms with E-state index >= 15 is 0 Å². The average molecular weight is 566 g/mol. The number of rotatable bonds is 7. The van der Waals surface area contributed by atoms with Crippen molar-refractivity contribution in [3.63, 3.8) is 0 Å². The predicted octanol–water partition coefficient (Wildman–Crippen LogP) is 5.66. The zero-order valence-electron chi connectivity index (χ0n) is 24.0. The third-order valence-corrected chi connectivity index (χ3v) is 7.53. The summed E-state index contributed by atoms with van der Waals surface area (Å²) in [7, 11) is 0. The Morgan fingerprint density at radius 2 is 1.76 bits per heavy atom. The summed E-state index contributed by atoms with van der Waals surface area (Å²) in [4.78, 5) is 13.2. The second kappa shape index (κ2) is 11.3. The SMILES string of the molecule is CC(C)(C)c1cc(NC(=O)N[C@H]2CC[C@@H](Oc3ccc4nnc(-c5ccccc5)n4c3)c3ccccc32)n(CCO)n1. The van der Waals surface area contributed by atoms with E-state index in [2.05, 4.69) is 52.8 Å². The van der Waals surface area contributed by atoms with Crippen LogP contribution in [0.3, 0.4) is 0 Å². The third kappa shape index (κ3) is 5.58. The van der Waals surface area contributed by atoms with E-state index in [0.717, 1.165) is 46.0 Å². The van der Waals surface area contributed by atoms with Gasteiger partial charge >= 0.3 is 6.03 Å². The molecule has 2 amide bonds. The molecule has 3 aromatic heterocycles. The summed E-state index contributed by atoms with van der Waals surface area (Å²) in [6.45, 7) is 6.41. The van der Waals surface area contributed by atoms with Crippen molar-refractivity contribution >= 4 is 17.5 Å². The Labute approximate surface area is 244 Å². The van der Waals surface area contributed by atoms with Crippen LogP contribution in [0.25, 0.3) is 17.0 Å². The molecule has 0 radical (unpaired) electrons. The number of ether oxygens (including phenoxy) is 1. The number of nitrogens with one attached hydrogen (secondary N) is 2. The number of urea groups is 1. The van der Waals surface area contributed by atoms with Gasteiger partial charge in [-0.05, 0) is 36.1 Å². The molecule has 1 aliphatic rings. The lowest BCUT2D eigenvalue weighted by atomic mass is 9.85. The van der Waals surface area contributed by atoms with Crippen LogP contribution in [0.2, 0.25) is 0 Å². The number of fused-ring (bicyclic) bond motifs is 2. The average Bonchev–Trinajstić information content (AvgIpc) is 3.59. The van der Waals surface area contributed by atoms with Crippen LogP contribution in [0.4, 0.5) is 10.6 Å². The monoisotopic (exact) mass is 565 g/mol. The number of hydrogen-bond acceptors (Lipinski definition) is 6. The van der Waals surface area contributed by atoms with Gasteiger partial charge in [0.1, 0.15) is 17.7 Å². The van der Waals surface area contributed by atoms with Gasteiger partial charge in [0.25, 0.3) is 0 Å². The van der Waals surface area contributed by atoms with Crippen LogP contribution in [0.5, 0.6) is 5.75 Å². The van der Waals surface area contributed by atoms with Crippen LogP contribution in [0.15, 0.2) is 79.0 Å². The van der Waals surface area contributed by atoms with Crippen molar-refractivity contribution in [2.45, 2.75) is 57.7 Å². The second-order valence-electron chi connectivity index (χ2n) is 11.6. The Morgan fingerprint density at radius 1 is 1.00 bits per heavy atom. The van der Waals surface area contributed by atoms with Crippen LogP contribution >= 0.6 is 0 Å². The molecular formula is C32H35N7O3. The van der Waals surface area contributed by atoms with Gasteiger partial charge in [-0.15, -0.1) is 10.2 Å². The maximum atomic E-state index is 13.2. The second-order valence-corrected chi connectivity index (χ2v) is 11.6. The molecule has 10 heteroatoms. The lowest BCUT2D eigenvalue weighted by Crippen LogP contribution is -2.36. The van der Waals surface area contributed by atoms with Crippen LogP contribution < -0.4 is 15.4 Å². The van der Waals surface area contributed by atoms with Crippen molar-refractivity contribution in [1.82, 2.24) is 29.7 Å². The van der Waals surface area contributed by atoms with Gasteiger partial charge in [-0.3, -0.25) is 9.72 Å². The maximum absolute atomic E-state index is 13.2. The number of nitrogens with zero attached hydrogens (tertiary/aromatic N) is 5. The summed E-state index contributed by atoms with van der Waals surface area (Å²) >= 11 is 0. The Morgan fingerprint density at radius 3 is 2.52 bits per heavy atom. The van der Waals surface area contributed by atoms with E-state index in [-0.39, 0.29) is 30.2 Å². The number of anilines is 1. The molecule has 0 unspecified atom stereocenters. The van der Waals surface area contributed by atoms with Crippen LogP contribution in [-0.2, 0) is 12.0 Å². The van der Waals surface area contributed by atoms with Gasteiger partial charge in [0.05, 0.1) is 31.1 Å². The molecule has 0 spiro atoms. The molecular weight excluding hydrogens is 530 g/mol. The zero-order chi connectivity index (χ0) is 29.3. The molecule has 3 heterocycles. The molecule has 3 N–H and O–H groups in total. The highest BCUT2D eigenvalue weighted by molar-refractivity contribution is 5.88. The summed E-state index contributed by atoms with van der Waals surface area (Å²) in [6, 6.07) is 23.2. The number of amides is 2. The number of benzene rings is 2. The van der Waals surface area contributed by atoms with Crippen LogP contribution in [0, 0.1) is 0 Å². The van der Waals surface area contributed by atoms with Crippen molar-refractivity contribution in [1.29, 1.82) is 0 Å². The third-order valence-electron chi connectivity index (χ3n) is 7.53. The topological polar surface area (TPSA) is 119 Å². The minimum absolute atomic E-state index is 0.0726. The molecule has 216 valence electrons. The van der Waals surface area contributed by atoms with Crippen molar-refractivity contribution in [2.24, 2.45) is 0 Å². The number of carbonyl (C=O) groups is 1. The summed E-state index contributed by atoms with van der Waals surface area (Å²) in [5, 5.41) is 28.8. The maximum Gasteiger partial charge on any atom is 0.320 e. The van der Waals surface area contributed by atoms with E-state index in [0.29, 0.717) is 18.8 Å². The largest absolute Gasteiger partial charge is 0.484 e. The van der Waals surface area contributed by atoms with Gasteiger partial charge in [0.15, 0.2) is 11.5 Å². The van der Waals surface area contributed by atoms with Crippen molar-refractivity contribution in [2.75, 3.05) is 11.9 Å². The molecule has 5 aromatic rings. The summed E-state index contributed by atoms with van der Waals surface area (Å²) in [5.74, 6) is 2.02. The molecule has 2 atom stereocenters. The molecule has 2 aromatic carbocycles. The molecule has 0 saturated carbocycles. The molecule has 0 bridgehead atoms. The molecule has 42 heavy (non-hydrogen) atoms. The molecule has 0 saturated heterocycles. The summed E-state index contributed by atoms with van der Waals surface area (Å²) in [6.07, 6.45) is 3.20. The molecule has 0 aliphatic heterocycles. The van der Waals surface area contributed by atoms with Crippen LogP contribution in [0.1, 0.15) is 62.6 Å². The first-order chi connectivity index (χ1) is 20.3. The van der Waals surface area contributed by atoms with E-state index in [9.17, 15) is 9.90 Å². The van der Waals surface area contributed by atoms with E-state index < -0.39 is 0 Å². The van der Waals surface area contributed by atoms with Crippen molar-refractivity contribution < 1.29 is 14.6 Å². The number of aliphatic hydroxyl groups excluding tert-OH is 1. The first-order valence-corrected chi connectivity index (χ1v) is 14.2. The molecule has 10 nitrogen and oxygen atoms in total. The number of aromatic nitrogens is 5. The van der Waals surface area contributed by atoms with E-state index in [1.165, 1.54) is 0 Å². The summed E-state index contributed by atoms with van der Waals surface area (Å²) in [5.41, 5.74) is 4.45. The number of hydrogen-bond donors (Lipinski definition) is 3. The van der Waals surface area contributed by atoms with Crippen molar-refractivity contribution in [3.05, 3.63) is 95.8 Å². The van der Waals surface area contributed by atoms with Crippen LogP contribution in [-0.4, -0.2) is 42.1 Å². The highest BCUT2D eigenvalue weighted by Crippen LogP contribution is 2.39. The van der Waals surface area contributed by atoms with Gasteiger partial charge in [-0.2, -0.15) is 5.10 Å². The first-order valence-electron chi connectivity index (χ1n) is 14.2. The molecule has 1 aliphatic carbocycles. The minimum Gasteiger partial charge on any atom is -0.484 e. The lowest BCUT2D eigenvalue weighted by Gasteiger charge is -2.32. The Bertz CT molecular complexity index is 1700. The standard InChI is InChI=1S/C32H35N7O3/c1-32(2,3)27-19-29(39(37-27)17-18-40)34-31(41)33-25-14-15-26(24-12-8-7-11-23(24)25)42-22-13-16-28-35-36-30(38(28)20-22)21-9-5-4-6-10-21/h4-13,16,19-20,25-26,40H,14-15,17-18H2,1-3H3,(H2,33,34,41)/t25-,26+/m0/s1. The highest BCUT2D eigenvalue weighted by Gasteiger charge is 2.30. The number of pyridine rings is 1. The summed E-state index contributed by atoms with van der Waals surface area (Å²) < 4.78 is 10.1. The van der Waals surface area contributed by atoms with Gasteiger partial charge in [0, 0.05) is 17.0 Å². The van der Waals surface area contributed by atoms with Gasteiger partial charge < -0.3 is 15.2 Å². The van der Waals surface area contributed by atoms with E-state index in [1.54, 1.807) is 4.68 Å². The van der Waals surface area contributed by atoms with E-state index in [4.69, 9.17) is 4.74 Å². The molecule has 0 fully saturated rings. The van der Waals surface area contributed by atoms with Crippen molar-refractivity contribution in [3.8, 4) is 17.1 Å². The van der Waals surface area contributed by atoms with Gasteiger partial charge in [0.2, 0.25) is 0 Å². The minimum atomic E-state index is -0.319.